The first-order chi connectivity index (χ1) is 12.5. The van der Waals surface area contributed by atoms with Gasteiger partial charge in [-0.15, -0.1) is 0 Å². The first-order valence-electron chi connectivity index (χ1n) is 8.18. The molecule has 7 nitrogen and oxygen atoms in total. The third-order valence-corrected chi connectivity index (χ3v) is 4.60. The van der Waals surface area contributed by atoms with E-state index in [0.717, 1.165) is 6.29 Å². The topological polar surface area (TPSA) is 91.6 Å². The Morgan fingerprint density at radius 2 is 1.85 bits per heavy atom. The Hall–Kier alpha value is -2.84. The van der Waals surface area contributed by atoms with Crippen molar-refractivity contribution in [2.24, 2.45) is 0 Å². The summed E-state index contributed by atoms with van der Waals surface area (Å²) in [5.74, 6) is -1.05. The number of likely N-dealkylation sites (N-methyl/N-ethyl adjacent to an activating group) is 2. The number of fused-ring (bicyclic) bond motifs is 1. The van der Waals surface area contributed by atoms with Gasteiger partial charge in [0.15, 0.2) is 6.04 Å². The third-order valence-electron chi connectivity index (χ3n) is 4.60. The van der Waals surface area contributed by atoms with Crippen LogP contribution < -0.4 is 31.3 Å². The molecule has 8 heteroatoms. The molecule has 3 rings (SSSR count). The number of carbonyl (C=O) groups is 1. The van der Waals surface area contributed by atoms with Crippen molar-refractivity contribution in [2.75, 3.05) is 37.1 Å². The van der Waals surface area contributed by atoms with Crippen molar-refractivity contribution in [3.8, 4) is 5.75 Å². The molecule has 0 saturated carbocycles. The van der Waals surface area contributed by atoms with Gasteiger partial charge in [-0.05, 0) is 44.4 Å². The van der Waals surface area contributed by atoms with E-state index in [1.165, 1.54) is 12.1 Å². The van der Waals surface area contributed by atoms with Gasteiger partial charge in [0, 0.05) is 18.8 Å². The normalized spacial score (nSPS) is 18.0. The maximum atomic E-state index is 13.4. The van der Waals surface area contributed by atoms with Crippen LogP contribution in [0.5, 0.6) is 5.75 Å². The second-order valence-electron chi connectivity index (χ2n) is 5.92. The number of nitrogen functional groups attached to an aromatic ring is 1. The van der Waals surface area contributed by atoms with Gasteiger partial charge in [-0.1, -0.05) is 0 Å². The summed E-state index contributed by atoms with van der Waals surface area (Å²) in [5.41, 5.74) is 8.58. The minimum absolute atomic E-state index is 0.355. The van der Waals surface area contributed by atoms with Gasteiger partial charge in [-0.3, -0.25) is 10.6 Å². The highest BCUT2D eigenvalue weighted by Gasteiger charge is 2.48. The minimum Gasteiger partial charge on any atom is -0.455 e. The molecule has 0 amide bonds. The van der Waals surface area contributed by atoms with E-state index in [1.807, 2.05) is 0 Å². The van der Waals surface area contributed by atoms with Crippen LogP contribution in [0.1, 0.15) is 0 Å². The SMILES string of the molecule is CNc1cc2c(cc1N)OC(NC)(NC)C(C=O)N2c1ccc(F)cc1. The van der Waals surface area contributed by atoms with Crippen LogP contribution in [0.2, 0.25) is 0 Å². The van der Waals surface area contributed by atoms with Crippen molar-refractivity contribution in [1.29, 1.82) is 0 Å². The summed E-state index contributed by atoms with van der Waals surface area (Å²) in [6.45, 7) is 0. The van der Waals surface area contributed by atoms with Crippen molar-refractivity contribution < 1.29 is 13.9 Å². The van der Waals surface area contributed by atoms with Crippen LogP contribution in [-0.2, 0) is 4.79 Å². The molecule has 0 bridgehead atoms. The number of carbonyl (C=O) groups excluding carboxylic acids is 1. The fourth-order valence-corrected chi connectivity index (χ4v) is 3.22. The molecular formula is C18H22FN5O2. The highest BCUT2D eigenvalue weighted by Crippen LogP contribution is 2.45. The van der Waals surface area contributed by atoms with Crippen molar-refractivity contribution in [2.45, 2.75) is 11.9 Å². The van der Waals surface area contributed by atoms with E-state index < -0.39 is 11.9 Å². The molecule has 26 heavy (non-hydrogen) atoms. The Labute approximate surface area is 151 Å². The summed E-state index contributed by atoms with van der Waals surface area (Å²) in [7, 11) is 5.13. The van der Waals surface area contributed by atoms with Gasteiger partial charge in [0.05, 0.1) is 17.1 Å². The van der Waals surface area contributed by atoms with Gasteiger partial charge in [-0.2, -0.15) is 0 Å². The summed E-state index contributed by atoms with van der Waals surface area (Å²) in [5, 5.41) is 9.08. The Morgan fingerprint density at radius 1 is 1.19 bits per heavy atom. The van der Waals surface area contributed by atoms with Crippen LogP contribution in [-0.4, -0.2) is 39.3 Å². The molecule has 0 fully saturated rings. The lowest BCUT2D eigenvalue weighted by molar-refractivity contribution is -0.116. The predicted octanol–water partition coefficient (Wildman–Crippen LogP) is 1.64. The molecule has 2 aromatic rings. The summed E-state index contributed by atoms with van der Waals surface area (Å²) in [4.78, 5) is 13.8. The molecule has 138 valence electrons. The number of nitrogens with zero attached hydrogens (tertiary/aromatic N) is 1. The molecule has 0 aliphatic carbocycles. The van der Waals surface area contributed by atoms with E-state index in [2.05, 4.69) is 16.0 Å². The standard InChI is InChI=1S/C18H22FN5O2/c1-21-14-9-15-16(8-13(14)20)26-18(22-2,23-3)17(10-25)24(15)12-6-4-11(19)5-7-12/h4-10,17,21-23H,20H2,1-3H3. The molecule has 1 atom stereocenters. The molecule has 0 radical (unpaired) electrons. The van der Waals surface area contributed by atoms with E-state index in [0.29, 0.717) is 28.5 Å². The summed E-state index contributed by atoms with van der Waals surface area (Å²) in [6, 6.07) is 8.68. The molecule has 5 N–H and O–H groups in total. The van der Waals surface area contributed by atoms with Crippen molar-refractivity contribution >= 4 is 29.0 Å². The second kappa shape index (κ2) is 6.81. The molecule has 2 aromatic carbocycles. The first kappa shape index (κ1) is 18.0. The Kier molecular flexibility index (Phi) is 4.71. The number of ether oxygens (including phenoxy) is 1. The Morgan fingerprint density at radius 3 is 2.38 bits per heavy atom. The summed E-state index contributed by atoms with van der Waals surface area (Å²) < 4.78 is 19.5. The highest BCUT2D eigenvalue weighted by molar-refractivity contribution is 5.86. The van der Waals surface area contributed by atoms with Gasteiger partial charge in [0.1, 0.15) is 17.9 Å². The van der Waals surface area contributed by atoms with Crippen LogP contribution in [0.4, 0.5) is 27.1 Å². The molecular weight excluding hydrogens is 337 g/mol. The quantitative estimate of drug-likeness (QED) is 0.366. The van der Waals surface area contributed by atoms with E-state index in [9.17, 15) is 9.18 Å². The number of nitrogens with one attached hydrogen (secondary N) is 3. The number of aldehydes is 1. The van der Waals surface area contributed by atoms with Crippen LogP contribution in [0.15, 0.2) is 36.4 Å². The van der Waals surface area contributed by atoms with Crippen molar-refractivity contribution in [3.05, 3.63) is 42.2 Å². The van der Waals surface area contributed by atoms with Gasteiger partial charge in [0.25, 0.3) is 0 Å². The maximum absolute atomic E-state index is 13.4. The Balaban J connectivity index is 2.26. The molecule has 1 unspecified atom stereocenters. The molecule has 0 saturated heterocycles. The zero-order valence-corrected chi connectivity index (χ0v) is 14.8. The van der Waals surface area contributed by atoms with Gasteiger partial charge in [0.2, 0.25) is 5.85 Å². The van der Waals surface area contributed by atoms with Crippen molar-refractivity contribution in [1.82, 2.24) is 10.6 Å². The smallest absolute Gasteiger partial charge is 0.245 e. The maximum Gasteiger partial charge on any atom is 0.245 e. The molecule has 0 spiro atoms. The number of hydrogen-bond donors (Lipinski definition) is 4. The number of anilines is 4. The largest absolute Gasteiger partial charge is 0.455 e. The third kappa shape index (κ3) is 2.73. The highest BCUT2D eigenvalue weighted by atomic mass is 19.1. The second-order valence-corrected chi connectivity index (χ2v) is 5.92. The molecule has 0 aromatic heterocycles. The van der Waals surface area contributed by atoms with Gasteiger partial charge >= 0.3 is 0 Å². The fraction of sp³-hybridized carbons (Fsp3) is 0.278. The number of hydrogen-bond acceptors (Lipinski definition) is 7. The lowest BCUT2D eigenvalue weighted by Gasteiger charge is -2.48. The Bertz CT molecular complexity index is 808. The first-order valence-corrected chi connectivity index (χ1v) is 8.18. The zero-order chi connectivity index (χ0) is 18.9. The number of rotatable bonds is 5. The van der Waals surface area contributed by atoms with Crippen LogP contribution in [0.3, 0.4) is 0 Å². The van der Waals surface area contributed by atoms with E-state index in [1.54, 1.807) is 50.3 Å². The van der Waals surface area contributed by atoms with Crippen LogP contribution >= 0.6 is 0 Å². The van der Waals surface area contributed by atoms with Gasteiger partial charge < -0.3 is 25.5 Å². The monoisotopic (exact) mass is 359 g/mol. The fourth-order valence-electron chi connectivity index (χ4n) is 3.22. The van der Waals surface area contributed by atoms with Crippen molar-refractivity contribution in [3.63, 3.8) is 0 Å². The summed E-state index contributed by atoms with van der Waals surface area (Å²) >= 11 is 0. The molecule has 1 aliphatic heterocycles. The molecule has 1 heterocycles. The average Bonchev–Trinajstić information content (AvgIpc) is 2.66. The van der Waals surface area contributed by atoms with E-state index in [4.69, 9.17) is 10.5 Å². The van der Waals surface area contributed by atoms with E-state index in [-0.39, 0.29) is 5.82 Å². The predicted molar refractivity (Wildman–Crippen MR) is 100 cm³/mol. The number of benzene rings is 2. The lowest BCUT2D eigenvalue weighted by atomic mass is 10.0. The van der Waals surface area contributed by atoms with Gasteiger partial charge in [-0.25, -0.2) is 4.39 Å². The van der Waals surface area contributed by atoms with E-state index >= 15 is 0 Å². The van der Waals surface area contributed by atoms with Crippen LogP contribution in [0, 0.1) is 5.82 Å². The molecule has 1 aliphatic rings. The lowest BCUT2D eigenvalue weighted by Crippen LogP contribution is -2.72. The van der Waals surface area contributed by atoms with Crippen LogP contribution in [0.25, 0.3) is 0 Å². The number of nitrogens with two attached hydrogens (primary N) is 1. The summed E-state index contributed by atoms with van der Waals surface area (Å²) in [6.07, 6.45) is 0.786. The zero-order valence-electron chi connectivity index (χ0n) is 14.8. The number of halogens is 1. The average molecular weight is 359 g/mol. The minimum atomic E-state index is -1.18.